The molecular weight excluding hydrogens is 380 g/mol. The minimum Gasteiger partial charge on any atom is -0.478 e. The van der Waals surface area contributed by atoms with Crippen LogP contribution >= 0.6 is 11.3 Å². The molecule has 3 rings (SSSR count). The molecule has 1 atom stereocenters. The van der Waals surface area contributed by atoms with Crippen LogP contribution in [0.2, 0.25) is 0 Å². The first-order valence-electron chi connectivity index (χ1n) is 10.4. The van der Waals surface area contributed by atoms with Crippen molar-refractivity contribution in [2.24, 2.45) is 11.8 Å². The Bertz CT molecular complexity index is 941. The van der Waals surface area contributed by atoms with E-state index >= 15 is 0 Å². The first-order chi connectivity index (χ1) is 13.3. The quantitative estimate of drug-likeness (QED) is 0.476. The highest BCUT2D eigenvalue weighted by molar-refractivity contribution is 7.16. The van der Waals surface area contributed by atoms with E-state index in [0.29, 0.717) is 11.8 Å². The molecule has 0 amide bonds. The fourth-order valence-corrected chi connectivity index (χ4v) is 6.56. The molecular formula is C24H34N2O2S. The smallest absolute Gasteiger partial charge is 0.337 e. The molecule has 0 aliphatic heterocycles. The Hall–Kier alpha value is -2.01. The number of nitrogen functional groups attached to an aromatic ring is 1. The van der Waals surface area contributed by atoms with E-state index in [1.807, 2.05) is 11.3 Å². The topological polar surface area (TPSA) is 75.3 Å². The summed E-state index contributed by atoms with van der Waals surface area (Å²) in [5.74, 6) is 0.337. The molecule has 1 unspecified atom stereocenters. The lowest BCUT2D eigenvalue weighted by atomic mass is 9.58. The largest absolute Gasteiger partial charge is 0.478 e. The van der Waals surface area contributed by atoms with Gasteiger partial charge in [0.05, 0.1) is 10.6 Å². The maximum absolute atomic E-state index is 11.2. The van der Waals surface area contributed by atoms with Crippen LogP contribution in [0.3, 0.4) is 0 Å². The number of nitrogens with two attached hydrogens (primary N) is 1. The van der Waals surface area contributed by atoms with E-state index in [1.54, 1.807) is 18.2 Å². The molecule has 158 valence electrons. The maximum atomic E-state index is 11.2. The fraction of sp³-hybridized carbons (Fsp3) is 0.542. The summed E-state index contributed by atoms with van der Waals surface area (Å²) in [6.45, 7) is 16.4. The van der Waals surface area contributed by atoms with E-state index in [4.69, 9.17) is 5.73 Å². The minimum absolute atomic E-state index is 0.136. The van der Waals surface area contributed by atoms with Gasteiger partial charge < -0.3 is 16.2 Å². The molecule has 0 spiro atoms. The number of nitrogens with one attached hydrogen (secondary N) is 1. The molecule has 2 aromatic rings. The molecule has 1 aromatic carbocycles. The monoisotopic (exact) mass is 414 g/mol. The number of carboxylic acids is 1. The van der Waals surface area contributed by atoms with Gasteiger partial charge in [-0.3, -0.25) is 0 Å². The van der Waals surface area contributed by atoms with Crippen molar-refractivity contribution >= 4 is 33.7 Å². The summed E-state index contributed by atoms with van der Waals surface area (Å²) in [6.07, 6.45) is 2.44. The van der Waals surface area contributed by atoms with Gasteiger partial charge >= 0.3 is 5.97 Å². The minimum atomic E-state index is -1.00. The summed E-state index contributed by atoms with van der Waals surface area (Å²) in [6, 6.07) is 5.06. The number of thiophene rings is 1. The molecule has 5 heteroatoms. The number of anilines is 3. The zero-order valence-electron chi connectivity index (χ0n) is 18.6. The molecule has 0 fully saturated rings. The molecule has 1 aromatic heterocycles. The predicted molar refractivity (Wildman–Crippen MR) is 124 cm³/mol. The highest BCUT2D eigenvalue weighted by Crippen LogP contribution is 2.56. The van der Waals surface area contributed by atoms with Crippen molar-refractivity contribution < 1.29 is 9.90 Å². The molecule has 4 nitrogen and oxygen atoms in total. The molecule has 1 heterocycles. The van der Waals surface area contributed by atoms with E-state index in [0.717, 1.165) is 10.7 Å². The maximum Gasteiger partial charge on any atom is 0.337 e. The van der Waals surface area contributed by atoms with E-state index in [-0.39, 0.29) is 22.1 Å². The van der Waals surface area contributed by atoms with E-state index in [9.17, 15) is 9.90 Å². The number of benzene rings is 1. The zero-order chi connectivity index (χ0) is 21.7. The molecule has 1 aliphatic carbocycles. The second-order valence-electron chi connectivity index (χ2n) is 10.1. The van der Waals surface area contributed by atoms with Crippen molar-refractivity contribution in [2.45, 2.75) is 72.1 Å². The second kappa shape index (κ2) is 7.35. The van der Waals surface area contributed by atoms with Crippen LogP contribution in [0.1, 0.15) is 80.7 Å². The molecule has 0 bridgehead atoms. The Morgan fingerprint density at radius 3 is 2.52 bits per heavy atom. The number of hydrogen-bond acceptors (Lipinski definition) is 4. The van der Waals surface area contributed by atoms with Gasteiger partial charge in [-0.05, 0) is 66.3 Å². The highest BCUT2D eigenvalue weighted by Gasteiger charge is 2.46. The Kier molecular flexibility index (Phi) is 5.50. The van der Waals surface area contributed by atoms with E-state index < -0.39 is 5.97 Å². The lowest BCUT2D eigenvalue weighted by Gasteiger charge is -2.47. The molecule has 4 N–H and O–H groups in total. The number of aromatic carboxylic acids is 1. The number of rotatable bonds is 5. The van der Waals surface area contributed by atoms with Crippen LogP contribution in [0.25, 0.3) is 0 Å². The van der Waals surface area contributed by atoms with E-state index in [1.165, 1.54) is 28.8 Å². The third-order valence-corrected chi connectivity index (χ3v) is 8.03. The first-order valence-corrected chi connectivity index (χ1v) is 11.2. The fourth-order valence-electron chi connectivity index (χ4n) is 4.97. The van der Waals surface area contributed by atoms with Crippen LogP contribution in [0, 0.1) is 18.8 Å². The number of hydrogen-bond donors (Lipinski definition) is 3. The van der Waals surface area contributed by atoms with Crippen molar-refractivity contribution in [3.8, 4) is 0 Å². The first kappa shape index (κ1) is 21.7. The van der Waals surface area contributed by atoms with Gasteiger partial charge in [-0.1, -0.05) is 41.5 Å². The SMILES string of the molecule is Cc1c(Nc2ccc(C(=O)O)c(N)c2)sc2c1C(C)(C)CC(CC(C)C)C2(C)C. The predicted octanol–water partition coefficient (Wildman–Crippen LogP) is 6.70. The lowest BCUT2D eigenvalue weighted by molar-refractivity contribution is 0.0698. The van der Waals surface area contributed by atoms with Gasteiger partial charge in [0.2, 0.25) is 0 Å². The lowest BCUT2D eigenvalue weighted by Crippen LogP contribution is -2.41. The summed E-state index contributed by atoms with van der Waals surface area (Å²) >= 11 is 1.84. The van der Waals surface area contributed by atoms with Gasteiger partial charge in [-0.15, -0.1) is 11.3 Å². The molecule has 0 saturated carbocycles. The van der Waals surface area contributed by atoms with Crippen LogP contribution in [-0.4, -0.2) is 11.1 Å². The Balaban J connectivity index is 2.02. The summed E-state index contributed by atoms with van der Waals surface area (Å²) < 4.78 is 0. The van der Waals surface area contributed by atoms with Crippen LogP contribution in [-0.2, 0) is 10.8 Å². The van der Waals surface area contributed by atoms with Gasteiger partial charge in [0.15, 0.2) is 0 Å². The van der Waals surface area contributed by atoms with Gasteiger partial charge in [0, 0.05) is 21.7 Å². The van der Waals surface area contributed by atoms with Crippen LogP contribution in [0.5, 0.6) is 0 Å². The Morgan fingerprint density at radius 2 is 1.97 bits per heavy atom. The third-order valence-electron chi connectivity index (χ3n) is 6.48. The molecule has 29 heavy (non-hydrogen) atoms. The number of fused-ring (bicyclic) bond motifs is 1. The van der Waals surface area contributed by atoms with Gasteiger partial charge in [-0.25, -0.2) is 4.79 Å². The highest BCUT2D eigenvalue weighted by atomic mass is 32.1. The summed E-state index contributed by atoms with van der Waals surface area (Å²) in [5.41, 5.74) is 10.2. The summed E-state index contributed by atoms with van der Waals surface area (Å²) in [5, 5.41) is 13.8. The average Bonchev–Trinajstić information content (AvgIpc) is 2.91. The van der Waals surface area contributed by atoms with Crippen molar-refractivity contribution in [1.82, 2.24) is 0 Å². The van der Waals surface area contributed by atoms with Gasteiger partial charge in [0.25, 0.3) is 0 Å². The molecule has 0 radical (unpaired) electrons. The third kappa shape index (κ3) is 3.89. The van der Waals surface area contributed by atoms with Crippen molar-refractivity contribution in [2.75, 3.05) is 11.1 Å². The molecule has 1 aliphatic rings. The van der Waals surface area contributed by atoms with Crippen LogP contribution in [0.4, 0.5) is 16.4 Å². The normalized spacial score (nSPS) is 19.8. The van der Waals surface area contributed by atoms with Crippen molar-refractivity contribution in [1.29, 1.82) is 0 Å². The van der Waals surface area contributed by atoms with Crippen molar-refractivity contribution in [3.63, 3.8) is 0 Å². The van der Waals surface area contributed by atoms with Crippen LogP contribution in [0.15, 0.2) is 18.2 Å². The average molecular weight is 415 g/mol. The summed E-state index contributed by atoms with van der Waals surface area (Å²) in [7, 11) is 0. The zero-order valence-corrected chi connectivity index (χ0v) is 19.5. The standard InChI is InChI=1S/C24H34N2O2S/c1-13(2)10-15-12-23(4,5)19-14(3)21(29-20(19)24(15,6)7)26-16-8-9-17(22(27)28)18(25)11-16/h8-9,11,13,15,26H,10,12,25H2,1-7H3,(H,27,28). The molecule has 0 saturated heterocycles. The number of carbonyl (C=O) groups is 1. The van der Waals surface area contributed by atoms with Crippen LogP contribution < -0.4 is 11.1 Å². The van der Waals surface area contributed by atoms with E-state index in [2.05, 4.69) is 53.8 Å². The van der Waals surface area contributed by atoms with Gasteiger partial charge in [-0.2, -0.15) is 0 Å². The van der Waals surface area contributed by atoms with Gasteiger partial charge in [0.1, 0.15) is 0 Å². The second-order valence-corrected chi connectivity index (χ2v) is 11.1. The van der Waals surface area contributed by atoms with Crippen molar-refractivity contribution in [3.05, 3.63) is 39.8 Å². The number of carboxylic acid groups (broad SMARTS) is 1. The summed E-state index contributed by atoms with van der Waals surface area (Å²) in [4.78, 5) is 12.7. The Labute approximate surface area is 178 Å². The Morgan fingerprint density at radius 1 is 1.31 bits per heavy atom.